The van der Waals surface area contributed by atoms with Gasteiger partial charge in [-0.25, -0.2) is 0 Å². The molecule has 0 bridgehead atoms. The van der Waals surface area contributed by atoms with Crippen LogP contribution in [0.1, 0.15) is 31.2 Å². The highest BCUT2D eigenvalue weighted by molar-refractivity contribution is 5.79. The Morgan fingerprint density at radius 3 is 2.50 bits per heavy atom. The quantitative estimate of drug-likeness (QED) is 0.823. The highest BCUT2D eigenvalue weighted by Crippen LogP contribution is 2.24. The number of nitrogens with zero attached hydrogens (tertiary/aromatic N) is 2. The number of hydrogen-bond acceptors (Lipinski definition) is 4. The van der Waals surface area contributed by atoms with E-state index >= 15 is 0 Å². The molecule has 142 valence electrons. The standard InChI is InChI=1S/C20H29N3O3/c24-15-19(25)22-11-8-18(9-12-22)23-10-4-7-17(14-23)20(26)21-13-16-5-2-1-3-6-16/h1-3,5-6,17-18,24H,4,7-15H2,(H,21,26)/t17-/m0/s1. The van der Waals surface area contributed by atoms with Crippen molar-refractivity contribution in [1.82, 2.24) is 15.1 Å². The van der Waals surface area contributed by atoms with E-state index in [-0.39, 0.29) is 17.7 Å². The van der Waals surface area contributed by atoms with Gasteiger partial charge in [0, 0.05) is 32.2 Å². The van der Waals surface area contributed by atoms with Crippen molar-refractivity contribution in [1.29, 1.82) is 0 Å². The minimum absolute atomic E-state index is 0.0459. The molecular weight excluding hydrogens is 330 g/mol. The zero-order valence-corrected chi connectivity index (χ0v) is 15.3. The van der Waals surface area contributed by atoms with Gasteiger partial charge in [-0.3, -0.25) is 14.5 Å². The molecule has 0 aromatic heterocycles. The summed E-state index contributed by atoms with van der Waals surface area (Å²) in [7, 11) is 0. The zero-order chi connectivity index (χ0) is 18.4. The van der Waals surface area contributed by atoms with Crippen LogP contribution < -0.4 is 5.32 Å². The molecule has 1 aromatic carbocycles. The van der Waals surface area contributed by atoms with E-state index in [0.717, 1.165) is 44.3 Å². The van der Waals surface area contributed by atoms with E-state index in [1.165, 1.54) is 0 Å². The van der Waals surface area contributed by atoms with Crippen LogP contribution >= 0.6 is 0 Å². The van der Waals surface area contributed by atoms with Crippen molar-refractivity contribution in [3.8, 4) is 0 Å². The van der Waals surface area contributed by atoms with Gasteiger partial charge in [-0.05, 0) is 37.8 Å². The van der Waals surface area contributed by atoms with Crippen LogP contribution in [0.25, 0.3) is 0 Å². The summed E-state index contributed by atoms with van der Waals surface area (Å²) in [6.45, 7) is 3.41. The van der Waals surface area contributed by atoms with Crippen LogP contribution in [-0.4, -0.2) is 65.5 Å². The molecule has 2 amide bonds. The van der Waals surface area contributed by atoms with Crippen LogP contribution in [0.3, 0.4) is 0 Å². The Hall–Kier alpha value is -1.92. The number of nitrogens with one attached hydrogen (secondary N) is 1. The molecule has 1 aromatic rings. The summed E-state index contributed by atoms with van der Waals surface area (Å²) in [6, 6.07) is 10.4. The molecule has 26 heavy (non-hydrogen) atoms. The van der Waals surface area contributed by atoms with Gasteiger partial charge in [0.05, 0.1) is 5.92 Å². The summed E-state index contributed by atoms with van der Waals surface area (Å²) >= 11 is 0. The number of likely N-dealkylation sites (tertiary alicyclic amines) is 2. The van der Waals surface area contributed by atoms with Gasteiger partial charge in [-0.1, -0.05) is 30.3 Å². The lowest BCUT2D eigenvalue weighted by atomic mass is 9.93. The Labute approximate surface area is 155 Å². The molecule has 2 aliphatic rings. The fraction of sp³-hybridized carbons (Fsp3) is 0.600. The molecule has 0 spiro atoms. The summed E-state index contributed by atoms with van der Waals surface area (Å²) in [5.41, 5.74) is 1.12. The molecule has 6 nitrogen and oxygen atoms in total. The van der Waals surface area contributed by atoms with Crippen molar-refractivity contribution in [2.45, 2.75) is 38.3 Å². The highest BCUT2D eigenvalue weighted by Gasteiger charge is 2.32. The lowest BCUT2D eigenvalue weighted by molar-refractivity contribution is -0.135. The van der Waals surface area contributed by atoms with Gasteiger partial charge in [-0.15, -0.1) is 0 Å². The van der Waals surface area contributed by atoms with Crippen molar-refractivity contribution in [3.05, 3.63) is 35.9 Å². The Bertz CT molecular complexity index is 600. The first-order valence-electron chi connectivity index (χ1n) is 9.61. The van der Waals surface area contributed by atoms with Crippen LogP contribution in [0.15, 0.2) is 30.3 Å². The second-order valence-electron chi connectivity index (χ2n) is 7.31. The third-order valence-electron chi connectivity index (χ3n) is 5.60. The summed E-state index contributed by atoms with van der Waals surface area (Å²) in [6.07, 6.45) is 3.83. The van der Waals surface area contributed by atoms with E-state index in [0.29, 0.717) is 25.7 Å². The third kappa shape index (κ3) is 4.83. The summed E-state index contributed by atoms with van der Waals surface area (Å²) in [4.78, 5) is 28.3. The number of aliphatic hydroxyl groups excluding tert-OH is 1. The first-order chi connectivity index (χ1) is 12.7. The summed E-state index contributed by atoms with van der Waals surface area (Å²) in [5, 5.41) is 12.1. The topological polar surface area (TPSA) is 72.9 Å². The molecule has 0 unspecified atom stereocenters. The second-order valence-corrected chi connectivity index (χ2v) is 7.31. The molecular formula is C20H29N3O3. The number of amides is 2. The molecule has 2 N–H and O–H groups in total. The molecule has 2 fully saturated rings. The number of benzene rings is 1. The fourth-order valence-corrected chi connectivity index (χ4v) is 4.06. The molecule has 2 saturated heterocycles. The van der Waals surface area contributed by atoms with E-state index in [4.69, 9.17) is 5.11 Å². The SMILES string of the molecule is O=C(NCc1ccccc1)[C@H]1CCCN(C2CCN(C(=O)CO)CC2)C1. The van der Waals surface area contributed by atoms with E-state index in [2.05, 4.69) is 10.2 Å². The van der Waals surface area contributed by atoms with Gasteiger partial charge in [-0.2, -0.15) is 0 Å². The molecule has 1 atom stereocenters. The highest BCUT2D eigenvalue weighted by atomic mass is 16.3. The minimum Gasteiger partial charge on any atom is -0.387 e. The van der Waals surface area contributed by atoms with Crippen LogP contribution in [0.2, 0.25) is 0 Å². The van der Waals surface area contributed by atoms with Crippen molar-refractivity contribution < 1.29 is 14.7 Å². The molecule has 3 rings (SSSR count). The average molecular weight is 359 g/mol. The Balaban J connectivity index is 1.46. The molecule has 0 saturated carbocycles. The normalized spacial score (nSPS) is 22.2. The second kappa shape index (κ2) is 9.14. The lowest BCUT2D eigenvalue weighted by Gasteiger charge is -2.42. The smallest absolute Gasteiger partial charge is 0.248 e. The first-order valence-corrected chi connectivity index (χ1v) is 9.61. The number of hydrogen-bond donors (Lipinski definition) is 2. The third-order valence-corrected chi connectivity index (χ3v) is 5.60. The average Bonchev–Trinajstić information content (AvgIpc) is 2.72. The number of piperidine rings is 2. The lowest BCUT2D eigenvalue weighted by Crippen LogP contribution is -2.51. The van der Waals surface area contributed by atoms with E-state index in [9.17, 15) is 9.59 Å². The molecule has 6 heteroatoms. The number of carbonyl (C=O) groups excluding carboxylic acids is 2. The molecule has 2 heterocycles. The van der Waals surface area contributed by atoms with Crippen LogP contribution in [-0.2, 0) is 16.1 Å². The van der Waals surface area contributed by atoms with E-state index in [1.807, 2.05) is 30.3 Å². The van der Waals surface area contributed by atoms with Gasteiger partial charge in [0.1, 0.15) is 6.61 Å². The van der Waals surface area contributed by atoms with Crippen LogP contribution in [0.4, 0.5) is 0 Å². The monoisotopic (exact) mass is 359 g/mol. The number of rotatable bonds is 5. The minimum atomic E-state index is -0.405. The van der Waals surface area contributed by atoms with Crippen molar-refractivity contribution in [3.63, 3.8) is 0 Å². The van der Waals surface area contributed by atoms with Crippen molar-refractivity contribution in [2.24, 2.45) is 5.92 Å². The van der Waals surface area contributed by atoms with Gasteiger partial charge in [0.2, 0.25) is 11.8 Å². The maximum atomic E-state index is 12.6. The van der Waals surface area contributed by atoms with Gasteiger partial charge in [0.15, 0.2) is 0 Å². The molecule has 0 radical (unpaired) electrons. The molecule has 2 aliphatic heterocycles. The van der Waals surface area contributed by atoms with Crippen LogP contribution in [0.5, 0.6) is 0 Å². The van der Waals surface area contributed by atoms with Gasteiger partial charge < -0.3 is 15.3 Å². The molecule has 0 aliphatic carbocycles. The zero-order valence-electron chi connectivity index (χ0n) is 15.3. The Morgan fingerprint density at radius 2 is 1.81 bits per heavy atom. The summed E-state index contributed by atoms with van der Waals surface area (Å²) in [5.74, 6) is 0.0104. The fourth-order valence-electron chi connectivity index (χ4n) is 4.06. The number of aliphatic hydroxyl groups is 1. The van der Waals surface area contributed by atoms with Gasteiger partial charge >= 0.3 is 0 Å². The predicted molar refractivity (Wildman–Crippen MR) is 99.3 cm³/mol. The van der Waals surface area contributed by atoms with Crippen molar-refractivity contribution in [2.75, 3.05) is 32.8 Å². The largest absolute Gasteiger partial charge is 0.387 e. The van der Waals surface area contributed by atoms with Gasteiger partial charge in [0.25, 0.3) is 0 Å². The maximum Gasteiger partial charge on any atom is 0.248 e. The van der Waals surface area contributed by atoms with E-state index in [1.54, 1.807) is 4.90 Å². The first kappa shape index (κ1) is 18.9. The maximum absolute atomic E-state index is 12.6. The Kier molecular flexibility index (Phi) is 6.63. The van der Waals surface area contributed by atoms with Crippen LogP contribution in [0, 0.1) is 5.92 Å². The predicted octanol–water partition coefficient (Wildman–Crippen LogP) is 0.998. The summed E-state index contributed by atoms with van der Waals surface area (Å²) < 4.78 is 0. The van der Waals surface area contributed by atoms with Crippen molar-refractivity contribution >= 4 is 11.8 Å². The number of carbonyl (C=O) groups is 2. The Morgan fingerprint density at radius 1 is 1.08 bits per heavy atom. The van der Waals surface area contributed by atoms with E-state index < -0.39 is 6.61 Å².